The van der Waals surface area contributed by atoms with Gasteiger partial charge in [-0.05, 0) is 18.2 Å². The Balaban J connectivity index is 2.49. The van der Waals surface area contributed by atoms with E-state index >= 15 is 0 Å². The third kappa shape index (κ3) is 1.57. The average Bonchev–Trinajstić information content (AvgIpc) is 2.18. The van der Waals surface area contributed by atoms with Crippen LogP contribution in [0.5, 0.6) is 5.75 Å². The SMILES string of the molecule is COOc1ccc2ncncc2c1. The van der Waals surface area contributed by atoms with Crippen LogP contribution in [-0.2, 0) is 4.89 Å². The van der Waals surface area contributed by atoms with E-state index in [4.69, 9.17) is 4.89 Å². The minimum absolute atomic E-state index is 0.643. The van der Waals surface area contributed by atoms with E-state index in [1.807, 2.05) is 12.1 Å². The molecule has 0 saturated carbocycles. The van der Waals surface area contributed by atoms with Gasteiger partial charge in [-0.3, -0.25) is 0 Å². The van der Waals surface area contributed by atoms with Gasteiger partial charge in [0, 0.05) is 11.6 Å². The lowest BCUT2D eigenvalue weighted by Gasteiger charge is -2.01. The predicted molar refractivity (Wildman–Crippen MR) is 47.2 cm³/mol. The third-order valence-corrected chi connectivity index (χ3v) is 1.66. The summed E-state index contributed by atoms with van der Waals surface area (Å²) in [6, 6.07) is 5.46. The molecule has 0 unspecified atom stereocenters. The molecule has 0 saturated heterocycles. The number of benzene rings is 1. The normalized spacial score (nSPS) is 10.2. The van der Waals surface area contributed by atoms with Crippen LogP contribution in [0.25, 0.3) is 10.9 Å². The largest absolute Gasteiger partial charge is 0.338 e. The van der Waals surface area contributed by atoms with Crippen LogP contribution in [0.1, 0.15) is 0 Å². The van der Waals surface area contributed by atoms with E-state index in [0.29, 0.717) is 5.75 Å². The Kier molecular flexibility index (Phi) is 2.06. The molecule has 0 amide bonds. The lowest BCUT2D eigenvalue weighted by molar-refractivity contribution is -0.178. The molecule has 0 fully saturated rings. The average molecular weight is 176 g/mol. The topological polar surface area (TPSA) is 44.2 Å². The highest BCUT2D eigenvalue weighted by Gasteiger charge is 1.97. The molecular formula is C9H8N2O2. The molecule has 0 bridgehead atoms. The summed E-state index contributed by atoms with van der Waals surface area (Å²) in [5.41, 5.74) is 0.887. The molecule has 0 N–H and O–H groups in total. The fourth-order valence-electron chi connectivity index (χ4n) is 1.11. The Morgan fingerprint density at radius 1 is 1.31 bits per heavy atom. The van der Waals surface area contributed by atoms with E-state index in [2.05, 4.69) is 14.9 Å². The van der Waals surface area contributed by atoms with E-state index in [1.54, 1.807) is 12.3 Å². The van der Waals surface area contributed by atoms with Crippen molar-refractivity contribution >= 4 is 10.9 Å². The van der Waals surface area contributed by atoms with Gasteiger partial charge in [-0.25, -0.2) is 9.97 Å². The number of aromatic nitrogens is 2. The summed E-state index contributed by atoms with van der Waals surface area (Å²) < 4.78 is 0. The Labute approximate surface area is 75.1 Å². The first-order valence-electron chi connectivity index (χ1n) is 3.80. The second-order valence-corrected chi connectivity index (χ2v) is 2.49. The van der Waals surface area contributed by atoms with Crippen molar-refractivity contribution in [1.82, 2.24) is 9.97 Å². The van der Waals surface area contributed by atoms with E-state index in [9.17, 15) is 0 Å². The molecule has 0 aliphatic rings. The van der Waals surface area contributed by atoms with Crippen molar-refractivity contribution in [3.63, 3.8) is 0 Å². The quantitative estimate of drug-likeness (QED) is 0.514. The molecule has 66 valence electrons. The summed E-state index contributed by atoms with van der Waals surface area (Å²) in [4.78, 5) is 17.4. The molecule has 2 aromatic rings. The second kappa shape index (κ2) is 3.37. The van der Waals surface area contributed by atoms with Gasteiger partial charge in [0.15, 0.2) is 5.75 Å². The molecule has 0 aliphatic heterocycles. The molecular weight excluding hydrogens is 168 g/mol. The lowest BCUT2D eigenvalue weighted by Crippen LogP contribution is -1.90. The fourth-order valence-corrected chi connectivity index (χ4v) is 1.11. The highest BCUT2D eigenvalue weighted by Crippen LogP contribution is 2.17. The molecule has 1 aromatic carbocycles. The van der Waals surface area contributed by atoms with E-state index in [1.165, 1.54) is 13.4 Å². The summed E-state index contributed by atoms with van der Waals surface area (Å²) in [6.07, 6.45) is 3.24. The van der Waals surface area contributed by atoms with Crippen molar-refractivity contribution in [3.05, 3.63) is 30.7 Å². The van der Waals surface area contributed by atoms with Crippen LogP contribution in [0.15, 0.2) is 30.7 Å². The van der Waals surface area contributed by atoms with Crippen molar-refractivity contribution in [3.8, 4) is 5.75 Å². The molecule has 0 atom stereocenters. The highest BCUT2D eigenvalue weighted by molar-refractivity contribution is 5.78. The van der Waals surface area contributed by atoms with Gasteiger partial charge in [0.2, 0.25) is 0 Å². The summed E-state index contributed by atoms with van der Waals surface area (Å²) in [5, 5.41) is 0.928. The highest BCUT2D eigenvalue weighted by atomic mass is 17.2. The Bertz CT molecular complexity index is 417. The molecule has 4 heteroatoms. The van der Waals surface area contributed by atoms with Crippen LogP contribution in [0.4, 0.5) is 0 Å². The minimum atomic E-state index is 0.643. The maximum atomic E-state index is 4.86. The summed E-state index contributed by atoms with van der Waals surface area (Å²) in [6.45, 7) is 0. The van der Waals surface area contributed by atoms with Crippen molar-refractivity contribution < 1.29 is 9.78 Å². The van der Waals surface area contributed by atoms with Crippen LogP contribution in [-0.4, -0.2) is 17.1 Å². The van der Waals surface area contributed by atoms with Gasteiger partial charge in [-0.15, -0.1) is 0 Å². The molecule has 1 heterocycles. The zero-order valence-electron chi connectivity index (χ0n) is 7.10. The molecule has 4 nitrogen and oxygen atoms in total. The molecule has 13 heavy (non-hydrogen) atoms. The Morgan fingerprint density at radius 2 is 2.23 bits per heavy atom. The fraction of sp³-hybridized carbons (Fsp3) is 0.111. The van der Waals surface area contributed by atoms with Gasteiger partial charge in [0.1, 0.15) is 6.33 Å². The Morgan fingerprint density at radius 3 is 3.08 bits per heavy atom. The van der Waals surface area contributed by atoms with E-state index in [-0.39, 0.29) is 0 Å². The van der Waals surface area contributed by atoms with Crippen LogP contribution in [0.3, 0.4) is 0 Å². The van der Waals surface area contributed by atoms with Crippen LogP contribution in [0, 0.1) is 0 Å². The first-order chi connectivity index (χ1) is 6.40. The van der Waals surface area contributed by atoms with Crippen molar-refractivity contribution in [2.45, 2.75) is 0 Å². The number of hydrogen-bond acceptors (Lipinski definition) is 4. The monoisotopic (exact) mass is 176 g/mol. The van der Waals surface area contributed by atoms with E-state index < -0.39 is 0 Å². The first-order valence-corrected chi connectivity index (χ1v) is 3.80. The standard InChI is InChI=1S/C9H8N2O2/c1-12-13-8-2-3-9-7(4-8)5-10-6-11-9/h2-6H,1H3. The molecule has 0 spiro atoms. The van der Waals surface area contributed by atoms with Crippen molar-refractivity contribution in [1.29, 1.82) is 0 Å². The van der Waals surface area contributed by atoms with Gasteiger partial charge < -0.3 is 4.89 Å². The molecule has 2 rings (SSSR count). The smallest absolute Gasteiger partial charge is 0.166 e. The summed E-state index contributed by atoms with van der Waals surface area (Å²) in [5.74, 6) is 0.643. The van der Waals surface area contributed by atoms with Gasteiger partial charge >= 0.3 is 0 Å². The molecule has 0 radical (unpaired) electrons. The first kappa shape index (κ1) is 7.94. The van der Waals surface area contributed by atoms with Crippen molar-refractivity contribution in [2.24, 2.45) is 0 Å². The summed E-state index contributed by atoms with van der Waals surface area (Å²) in [7, 11) is 1.46. The third-order valence-electron chi connectivity index (χ3n) is 1.66. The maximum Gasteiger partial charge on any atom is 0.166 e. The van der Waals surface area contributed by atoms with Crippen LogP contribution < -0.4 is 4.89 Å². The molecule has 1 aromatic heterocycles. The number of nitrogens with zero attached hydrogens (tertiary/aromatic N) is 2. The van der Waals surface area contributed by atoms with Crippen LogP contribution in [0.2, 0.25) is 0 Å². The van der Waals surface area contributed by atoms with E-state index in [0.717, 1.165) is 10.9 Å². The second-order valence-electron chi connectivity index (χ2n) is 2.49. The summed E-state index contributed by atoms with van der Waals surface area (Å²) >= 11 is 0. The maximum absolute atomic E-state index is 4.86. The minimum Gasteiger partial charge on any atom is -0.338 e. The van der Waals surface area contributed by atoms with Gasteiger partial charge in [0.25, 0.3) is 0 Å². The Hall–Kier alpha value is -1.68. The van der Waals surface area contributed by atoms with Crippen molar-refractivity contribution in [2.75, 3.05) is 7.11 Å². The van der Waals surface area contributed by atoms with Gasteiger partial charge in [0.05, 0.1) is 12.6 Å². The lowest BCUT2D eigenvalue weighted by atomic mass is 10.2. The number of rotatable bonds is 2. The van der Waals surface area contributed by atoms with Crippen LogP contribution >= 0.6 is 0 Å². The zero-order valence-corrected chi connectivity index (χ0v) is 7.10. The molecule has 0 aliphatic carbocycles. The number of hydrogen-bond donors (Lipinski definition) is 0. The number of fused-ring (bicyclic) bond motifs is 1. The zero-order chi connectivity index (χ0) is 9.10. The van der Waals surface area contributed by atoms with Gasteiger partial charge in [-0.2, -0.15) is 4.89 Å². The van der Waals surface area contributed by atoms with Gasteiger partial charge in [-0.1, -0.05) is 0 Å². The predicted octanol–water partition coefficient (Wildman–Crippen LogP) is 1.57.